The van der Waals surface area contributed by atoms with Crippen molar-refractivity contribution in [2.75, 3.05) is 18.9 Å². The van der Waals surface area contributed by atoms with Crippen LogP contribution in [-0.2, 0) is 0 Å². The van der Waals surface area contributed by atoms with Crippen molar-refractivity contribution in [1.29, 1.82) is 0 Å². The summed E-state index contributed by atoms with van der Waals surface area (Å²) in [6, 6.07) is 14.5. The highest BCUT2D eigenvalue weighted by molar-refractivity contribution is 5.99. The summed E-state index contributed by atoms with van der Waals surface area (Å²) in [5, 5.41) is 19.5. The van der Waals surface area contributed by atoms with Crippen molar-refractivity contribution in [3.63, 3.8) is 0 Å². The predicted octanol–water partition coefficient (Wildman–Crippen LogP) is 2.85. The molecule has 0 aliphatic rings. The largest absolute Gasteiger partial charge is 0.494 e. The van der Waals surface area contributed by atoms with Crippen molar-refractivity contribution in [2.24, 2.45) is 5.10 Å². The van der Waals surface area contributed by atoms with Gasteiger partial charge in [0.2, 0.25) is 11.6 Å². The smallest absolute Gasteiger partial charge is 0.294 e. The zero-order valence-corrected chi connectivity index (χ0v) is 19.2. The number of nitrogen functional groups attached to an aromatic ring is 1. The van der Waals surface area contributed by atoms with Gasteiger partial charge in [0.25, 0.3) is 5.91 Å². The molecule has 12 nitrogen and oxygen atoms in total. The number of hydrazone groups is 1. The molecule has 12 heteroatoms. The third kappa shape index (κ3) is 5.27. The molecule has 0 aliphatic carbocycles. The third-order valence-electron chi connectivity index (χ3n) is 4.77. The number of nitrogens with zero attached hydrogens (tertiary/aromatic N) is 6. The first-order valence-corrected chi connectivity index (χ1v) is 10.9. The number of hydrogen-bond donors (Lipinski definition) is 2. The molecule has 0 unspecified atom stereocenters. The lowest BCUT2D eigenvalue weighted by molar-refractivity contribution is 0.0950. The van der Waals surface area contributed by atoms with Gasteiger partial charge < -0.3 is 15.2 Å². The molecule has 0 atom stereocenters. The highest BCUT2D eigenvalue weighted by Crippen LogP contribution is 2.28. The number of carbonyl (C=O) groups excluding carboxylic acids is 1. The lowest BCUT2D eigenvalue weighted by atomic mass is 10.1. The maximum absolute atomic E-state index is 13.0. The number of nitrogens with one attached hydrogen (secondary N) is 1. The summed E-state index contributed by atoms with van der Waals surface area (Å²) < 4.78 is 17.2. The highest BCUT2D eigenvalue weighted by atomic mass is 16.6. The molecular formula is C23H24N8O4. The first kappa shape index (κ1) is 23.4. The van der Waals surface area contributed by atoms with Gasteiger partial charge in [0.1, 0.15) is 17.2 Å². The van der Waals surface area contributed by atoms with Crippen LogP contribution in [0, 0.1) is 0 Å². The van der Waals surface area contributed by atoms with Crippen LogP contribution >= 0.6 is 0 Å². The molecule has 0 saturated heterocycles. The molecule has 35 heavy (non-hydrogen) atoms. The van der Waals surface area contributed by atoms with E-state index in [4.69, 9.17) is 19.8 Å². The molecule has 0 spiro atoms. The van der Waals surface area contributed by atoms with E-state index in [2.05, 4.69) is 31.2 Å². The fraction of sp³-hybridized carbons (Fsp3) is 0.217. The number of benzene rings is 2. The third-order valence-corrected chi connectivity index (χ3v) is 4.77. The van der Waals surface area contributed by atoms with Crippen LogP contribution in [0.25, 0.3) is 17.1 Å². The Morgan fingerprint density at radius 3 is 2.66 bits per heavy atom. The van der Waals surface area contributed by atoms with Crippen molar-refractivity contribution in [1.82, 2.24) is 30.7 Å². The number of hydrogen-bond acceptors (Lipinski definition) is 10. The quantitative estimate of drug-likeness (QED) is 0.259. The van der Waals surface area contributed by atoms with E-state index in [1.165, 1.54) is 10.9 Å². The number of nitrogens with two attached hydrogens (primary N) is 1. The van der Waals surface area contributed by atoms with E-state index in [9.17, 15) is 4.79 Å². The van der Waals surface area contributed by atoms with Crippen LogP contribution in [-0.4, -0.2) is 50.6 Å². The maximum atomic E-state index is 13.0. The van der Waals surface area contributed by atoms with Crippen molar-refractivity contribution < 1.29 is 18.9 Å². The number of amides is 1. The van der Waals surface area contributed by atoms with Crippen LogP contribution < -0.4 is 20.6 Å². The molecule has 2 aromatic carbocycles. The van der Waals surface area contributed by atoms with E-state index in [-0.39, 0.29) is 17.3 Å². The first-order chi connectivity index (χ1) is 17.1. The average molecular weight is 476 g/mol. The van der Waals surface area contributed by atoms with Crippen LogP contribution in [0.15, 0.2) is 58.3 Å². The van der Waals surface area contributed by atoms with Gasteiger partial charge in [0.15, 0.2) is 5.69 Å². The molecule has 0 saturated carbocycles. The predicted molar refractivity (Wildman–Crippen MR) is 128 cm³/mol. The van der Waals surface area contributed by atoms with E-state index in [1.807, 2.05) is 38.1 Å². The van der Waals surface area contributed by atoms with Gasteiger partial charge in [-0.05, 0) is 60.1 Å². The minimum Gasteiger partial charge on any atom is -0.494 e. The van der Waals surface area contributed by atoms with Gasteiger partial charge in [-0.2, -0.15) is 9.78 Å². The van der Waals surface area contributed by atoms with Gasteiger partial charge in [-0.1, -0.05) is 24.3 Å². The average Bonchev–Trinajstić information content (AvgIpc) is 3.50. The van der Waals surface area contributed by atoms with Crippen LogP contribution in [0.4, 0.5) is 5.82 Å². The zero-order chi connectivity index (χ0) is 24.6. The Hall–Kier alpha value is -4.74. The second kappa shape index (κ2) is 10.9. The van der Waals surface area contributed by atoms with Crippen molar-refractivity contribution in [2.45, 2.75) is 20.3 Å². The van der Waals surface area contributed by atoms with Crippen LogP contribution in [0.2, 0.25) is 0 Å². The topological polar surface area (TPSA) is 156 Å². The minimum atomic E-state index is -0.585. The fourth-order valence-electron chi connectivity index (χ4n) is 3.20. The summed E-state index contributed by atoms with van der Waals surface area (Å²) >= 11 is 0. The van der Waals surface area contributed by atoms with Crippen LogP contribution in [0.5, 0.6) is 11.5 Å². The number of rotatable bonds is 10. The van der Waals surface area contributed by atoms with Crippen LogP contribution in [0.1, 0.15) is 36.3 Å². The van der Waals surface area contributed by atoms with Gasteiger partial charge in [0, 0.05) is 11.1 Å². The molecule has 0 aliphatic heterocycles. The Morgan fingerprint density at radius 2 is 1.94 bits per heavy atom. The molecule has 0 radical (unpaired) electrons. The summed E-state index contributed by atoms with van der Waals surface area (Å²) in [6.07, 6.45) is 2.38. The van der Waals surface area contributed by atoms with Gasteiger partial charge in [-0.25, -0.2) is 10.1 Å². The molecule has 2 aromatic heterocycles. The first-order valence-electron chi connectivity index (χ1n) is 10.9. The molecular weight excluding hydrogens is 452 g/mol. The fourth-order valence-corrected chi connectivity index (χ4v) is 3.20. The minimum absolute atomic E-state index is 0.00319. The molecule has 4 aromatic rings. The number of ether oxygens (including phenoxy) is 2. The van der Waals surface area contributed by atoms with Crippen LogP contribution in [0.3, 0.4) is 0 Å². The number of para-hydroxylation sites is 1. The Balaban J connectivity index is 1.64. The monoisotopic (exact) mass is 476 g/mol. The van der Waals surface area contributed by atoms with Gasteiger partial charge in [-0.3, -0.25) is 4.79 Å². The molecule has 0 fully saturated rings. The van der Waals surface area contributed by atoms with E-state index in [0.29, 0.717) is 41.5 Å². The summed E-state index contributed by atoms with van der Waals surface area (Å²) in [7, 11) is 0. The van der Waals surface area contributed by atoms with Crippen molar-refractivity contribution in [3.8, 4) is 28.6 Å². The second-order valence-corrected chi connectivity index (χ2v) is 7.21. The second-order valence-electron chi connectivity index (χ2n) is 7.21. The maximum Gasteiger partial charge on any atom is 0.294 e. The highest BCUT2D eigenvalue weighted by Gasteiger charge is 2.25. The molecule has 1 amide bonds. The molecule has 3 N–H and O–H groups in total. The Kier molecular flexibility index (Phi) is 7.31. The Bertz CT molecular complexity index is 1310. The van der Waals surface area contributed by atoms with Gasteiger partial charge in [-0.15, -0.1) is 5.10 Å². The summed E-state index contributed by atoms with van der Waals surface area (Å²) in [6.45, 7) is 5.02. The van der Waals surface area contributed by atoms with Crippen molar-refractivity contribution in [3.05, 3.63) is 59.8 Å². The lowest BCUT2D eigenvalue weighted by Crippen LogP contribution is -2.19. The molecule has 180 valence electrons. The standard InChI is InChI=1S/C23H24N8O4/c1-3-13-34-17-11-9-15(10-12-17)20-19(26-30-31(20)22-21(24)28-35-29-22)23(32)27-25-14-16-7-5-6-8-18(16)33-4-2/h5-12,14H,3-4,13H2,1-2H3,(H2,24,28)(H,27,32). The lowest BCUT2D eigenvalue weighted by Gasteiger charge is -2.08. The number of carbonyl (C=O) groups is 1. The van der Waals surface area contributed by atoms with E-state index in [0.717, 1.165) is 6.42 Å². The normalized spacial score (nSPS) is 11.0. The molecule has 4 rings (SSSR count). The van der Waals surface area contributed by atoms with E-state index >= 15 is 0 Å². The summed E-state index contributed by atoms with van der Waals surface area (Å²) in [5.41, 5.74) is 10.0. The SMILES string of the molecule is CCCOc1ccc(-c2c(C(=O)NN=Cc3ccccc3OCC)nnn2-c2nonc2N)cc1. The van der Waals surface area contributed by atoms with Crippen molar-refractivity contribution >= 4 is 17.9 Å². The van der Waals surface area contributed by atoms with E-state index in [1.54, 1.807) is 24.3 Å². The van der Waals surface area contributed by atoms with E-state index < -0.39 is 5.91 Å². The zero-order valence-electron chi connectivity index (χ0n) is 19.2. The Morgan fingerprint density at radius 1 is 1.14 bits per heavy atom. The number of aromatic nitrogens is 5. The summed E-state index contributed by atoms with van der Waals surface area (Å²) in [4.78, 5) is 13.0. The molecule has 2 heterocycles. The van der Waals surface area contributed by atoms with Gasteiger partial charge in [0.05, 0.1) is 19.4 Å². The number of anilines is 1. The molecule has 0 bridgehead atoms. The summed E-state index contributed by atoms with van der Waals surface area (Å²) in [5.74, 6) is 0.862. The Labute approximate surface area is 200 Å². The van der Waals surface area contributed by atoms with Gasteiger partial charge >= 0.3 is 0 Å².